The maximum atomic E-state index is 13.2. The maximum absolute atomic E-state index is 13.2. The number of carboxylic acid groups (broad SMARTS) is 1. The quantitative estimate of drug-likeness (QED) is 0.454. The van der Waals surface area contributed by atoms with E-state index >= 15 is 0 Å². The molecule has 2 heterocycles. The van der Waals surface area contributed by atoms with Gasteiger partial charge in [0.15, 0.2) is 5.09 Å². The van der Waals surface area contributed by atoms with Gasteiger partial charge in [-0.3, -0.25) is 9.69 Å². The van der Waals surface area contributed by atoms with Gasteiger partial charge in [0.05, 0.1) is 18.0 Å². The van der Waals surface area contributed by atoms with Crippen LogP contribution in [-0.2, 0) is 9.59 Å². The van der Waals surface area contributed by atoms with Gasteiger partial charge in [0, 0.05) is 6.07 Å². The largest absolute Gasteiger partial charge is 1.00 e. The second-order valence-electron chi connectivity index (χ2n) is 4.97. The van der Waals surface area contributed by atoms with Crippen LogP contribution in [0.1, 0.15) is 6.92 Å². The molecule has 23 heavy (non-hydrogen) atoms. The van der Waals surface area contributed by atoms with Crippen molar-refractivity contribution in [2.45, 2.75) is 18.4 Å². The summed E-state index contributed by atoms with van der Waals surface area (Å²) in [5.74, 6) is -3.17. The van der Waals surface area contributed by atoms with E-state index in [-0.39, 0.29) is 67.9 Å². The predicted octanol–water partition coefficient (Wildman–Crippen LogP) is -2.96. The van der Waals surface area contributed by atoms with Crippen molar-refractivity contribution in [1.29, 1.82) is 0 Å². The summed E-state index contributed by atoms with van der Waals surface area (Å²) in [5, 5.41) is 20.3. The number of aliphatic hydroxyl groups excluding tert-OH is 1. The normalized spacial score (nSPS) is 23.8. The van der Waals surface area contributed by atoms with Crippen LogP contribution in [0, 0.1) is 11.7 Å². The zero-order chi connectivity index (χ0) is 16.0. The van der Waals surface area contributed by atoms with Gasteiger partial charge >= 0.3 is 51.4 Å². The molecule has 0 bridgehead atoms. The van der Waals surface area contributed by atoms with Gasteiger partial charge in [0.2, 0.25) is 5.91 Å². The minimum Gasteiger partial charge on any atom is -0.543 e. The van der Waals surface area contributed by atoms with E-state index in [2.05, 4.69) is 0 Å². The van der Waals surface area contributed by atoms with Crippen LogP contribution < -0.4 is 61.2 Å². The van der Waals surface area contributed by atoms with Crippen molar-refractivity contribution in [3.63, 3.8) is 0 Å². The molecule has 0 radical (unpaired) electrons. The van der Waals surface area contributed by atoms with E-state index in [4.69, 9.17) is 4.74 Å². The van der Waals surface area contributed by atoms with Crippen LogP contribution >= 0.6 is 11.8 Å². The number of amides is 1. The van der Waals surface area contributed by atoms with E-state index in [1.165, 1.54) is 25.1 Å². The summed E-state index contributed by atoms with van der Waals surface area (Å²) in [4.78, 5) is 24.3. The van der Waals surface area contributed by atoms with Crippen molar-refractivity contribution in [1.82, 2.24) is 4.90 Å². The number of aliphatic carboxylic acids is 1. The van der Waals surface area contributed by atoms with Crippen LogP contribution in [0.2, 0.25) is 0 Å². The van der Waals surface area contributed by atoms with Gasteiger partial charge in [-0.05, 0) is 19.1 Å². The smallest absolute Gasteiger partial charge is 0.543 e. The number of hydrogen-bond acceptors (Lipinski definition) is 6. The molecule has 116 valence electrons. The van der Waals surface area contributed by atoms with Crippen LogP contribution in [0.5, 0.6) is 5.75 Å². The average Bonchev–Trinajstić information content (AvgIpc) is 2.73. The van der Waals surface area contributed by atoms with Crippen LogP contribution in [0.25, 0.3) is 0 Å². The summed E-state index contributed by atoms with van der Waals surface area (Å²) in [7, 11) is 0. The minimum absolute atomic E-state index is 0. The van der Waals surface area contributed by atoms with Gasteiger partial charge in [-0.1, -0.05) is 17.8 Å². The molecule has 3 atom stereocenters. The molecule has 1 aromatic rings. The van der Waals surface area contributed by atoms with Crippen LogP contribution in [0.3, 0.4) is 0 Å². The second kappa shape index (κ2) is 7.22. The van der Waals surface area contributed by atoms with E-state index in [9.17, 15) is 24.2 Å². The summed E-state index contributed by atoms with van der Waals surface area (Å²) in [5.41, 5.74) is -0.388. The Morgan fingerprint density at radius 2 is 2.22 bits per heavy atom. The fraction of sp³-hybridized carbons (Fsp3) is 0.286. The molecule has 0 aromatic heterocycles. The molecule has 1 unspecified atom stereocenters. The fourth-order valence-electron chi connectivity index (χ4n) is 2.45. The first kappa shape index (κ1) is 18.9. The zero-order valence-corrected chi connectivity index (χ0v) is 16.3. The molecule has 0 spiro atoms. The van der Waals surface area contributed by atoms with E-state index < -0.39 is 35.1 Å². The average molecular weight is 363 g/mol. The summed E-state index contributed by atoms with van der Waals surface area (Å²) in [6.07, 6.45) is -0.905. The summed E-state index contributed by atoms with van der Waals surface area (Å²) in [6, 6.07) is 5.21. The number of carboxylic acids is 1. The molecular formula is C14H11FKNO5S. The molecule has 1 fully saturated rings. The van der Waals surface area contributed by atoms with Gasteiger partial charge in [0.25, 0.3) is 0 Å². The topological polar surface area (TPSA) is 89.9 Å². The van der Waals surface area contributed by atoms with Crippen LogP contribution in [0.4, 0.5) is 4.39 Å². The van der Waals surface area contributed by atoms with Gasteiger partial charge in [-0.25, -0.2) is 4.39 Å². The number of β-lactam (4-membered cyclic amide) rings is 1. The van der Waals surface area contributed by atoms with Crippen molar-refractivity contribution >= 4 is 23.6 Å². The van der Waals surface area contributed by atoms with E-state index in [0.717, 1.165) is 22.7 Å². The van der Waals surface area contributed by atoms with Crippen molar-refractivity contribution in [2.24, 2.45) is 5.92 Å². The Morgan fingerprint density at radius 1 is 1.52 bits per heavy atom. The first-order valence-electron chi connectivity index (χ1n) is 6.47. The standard InChI is InChI=1S/C14H12FNO5S.K/c1-6(17)9-11(18)16-10(13(19)20)14(22-12(9)16)21-8-4-2-3-7(15)5-8;/h2-6,9,12,17H,1H3,(H,19,20);/q;+1/p-1/t6-,9+,12?;/m1./s1. The third-order valence-electron chi connectivity index (χ3n) is 3.47. The van der Waals surface area contributed by atoms with Gasteiger partial charge in [0.1, 0.15) is 22.6 Å². The molecule has 2 aliphatic heterocycles. The monoisotopic (exact) mass is 363 g/mol. The predicted molar refractivity (Wildman–Crippen MR) is 72.5 cm³/mol. The Balaban J connectivity index is 0.00000192. The molecule has 1 aromatic carbocycles. The fourth-order valence-corrected chi connectivity index (χ4v) is 3.91. The molecule has 6 nitrogen and oxygen atoms in total. The Hall–Kier alpha value is -0.424. The van der Waals surface area contributed by atoms with Crippen molar-refractivity contribution in [2.75, 3.05) is 0 Å². The number of thioether (sulfide) groups is 1. The van der Waals surface area contributed by atoms with E-state index in [1.54, 1.807) is 0 Å². The van der Waals surface area contributed by atoms with Gasteiger partial charge in [-0.15, -0.1) is 0 Å². The summed E-state index contributed by atoms with van der Waals surface area (Å²) in [6.45, 7) is 1.46. The molecule has 0 saturated carbocycles. The Morgan fingerprint density at radius 3 is 2.78 bits per heavy atom. The van der Waals surface area contributed by atoms with Gasteiger partial charge < -0.3 is 19.7 Å². The molecule has 9 heteroatoms. The summed E-state index contributed by atoms with van der Waals surface area (Å²) < 4.78 is 18.6. The SMILES string of the molecule is C[C@@H](O)[C@H]1C(=O)N2C(C(=O)[O-])=C(Oc3cccc(F)c3)SC12.[K+]. The van der Waals surface area contributed by atoms with Gasteiger partial charge in [-0.2, -0.15) is 0 Å². The second-order valence-corrected chi connectivity index (χ2v) is 6.06. The van der Waals surface area contributed by atoms with Crippen molar-refractivity contribution in [3.8, 4) is 5.75 Å². The zero-order valence-electron chi connectivity index (χ0n) is 12.4. The Kier molecular flexibility index (Phi) is 5.93. The number of benzene rings is 1. The van der Waals surface area contributed by atoms with Crippen LogP contribution in [0.15, 0.2) is 35.1 Å². The number of ether oxygens (including phenoxy) is 1. The molecule has 1 amide bonds. The number of carbonyl (C=O) groups excluding carboxylic acids is 2. The molecule has 2 aliphatic rings. The molecule has 0 aliphatic carbocycles. The third-order valence-corrected chi connectivity index (χ3v) is 4.70. The maximum Gasteiger partial charge on any atom is 1.00 e. The van der Waals surface area contributed by atoms with Crippen molar-refractivity contribution in [3.05, 3.63) is 40.9 Å². The van der Waals surface area contributed by atoms with Crippen LogP contribution in [-0.4, -0.2) is 33.4 Å². The number of halogens is 1. The first-order chi connectivity index (χ1) is 10.4. The first-order valence-corrected chi connectivity index (χ1v) is 7.35. The summed E-state index contributed by atoms with van der Waals surface area (Å²) >= 11 is 0.997. The molecule has 1 N–H and O–H groups in total. The molecule has 3 rings (SSSR count). The van der Waals surface area contributed by atoms with Crippen molar-refractivity contribution < 1.29 is 80.3 Å². The molecular weight excluding hydrogens is 352 g/mol. The Bertz CT molecular complexity index is 696. The Labute approximate surface area is 178 Å². The number of aliphatic hydroxyl groups is 1. The van der Waals surface area contributed by atoms with E-state index in [1.807, 2.05) is 0 Å². The van der Waals surface area contributed by atoms with E-state index in [0.29, 0.717) is 0 Å². The minimum atomic E-state index is -1.56. The third kappa shape index (κ3) is 3.36. The number of hydrogen-bond donors (Lipinski definition) is 1. The number of rotatable bonds is 4. The number of fused-ring (bicyclic) bond motifs is 1. The number of nitrogens with zero attached hydrogens (tertiary/aromatic N) is 1. The molecule has 1 saturated heterocycles. The number of carbonyl (C=O) groups is 2.